The predicted molar refractivity (Wildman–Crippen MR) is 77.6 cm³/mol. The fraction of sp³-hybridized carbons (Fsp3) is 0.333. The normalized spacial score (nSPS) is 17.8. The molecule has 0 aromatic heterocycles. The number of nitrogens with zero attached hydrogens (tertiary/aromatic N) is 1. The Hall–Kier alpha value is -1.73. The molecule has 4 heteroatoms. The lowest BCUT2D eigenvalue weighted by Crippen LogP contribution is -2.40. The van der Waals surface area contributed by atoms with Gasteiger partial charge in [0.15, 0.2) is 5.78 Å². The van der Waals surface area contributed by atoms with E-state index >= 15 is 0 Å². The summed E-state index contributed by atoms with van der Waals surface area (Å²) in [6, 6.07) is 5.43. The Morgan fingerprint density at radius 1 is 1.53 bits per heavy atom. The molecule has 1 atom stereocenters. The van der Waals surface area contributed by atoms with Crippen molar-refractivity contribution in [2.24, 2.45) is 0 Å². The van der Waals surface area contributed by atoms with Crippen LogP contribution in [0.2, 0.25) is 0 Å². The minimum atomic E-state index is -0.173. The maximum atomic E-state index is 12.1. The van der Waals surface area contributed by atoms with E-state index in [4.69, 9.17) is 6.42 Å². The molecule has 0 spiro atoms. The zero-order valence-corrected chi connectivity index (χ0v) is 11.8. The van der Waals surface area contributed by atoms with Crippen LogP contribution in [-0.4, -0.2) is 23.5 Å². The zero-order chi connectivity index (χ0) is 14.0. The third-order valence-corrected chi connectivity index (χ3v) is 4.20. The number of ketones is 1. The van der Waals surface area contributed by atoms with Gasteiger partial charge in [-0.1, -0.05) is 12.8 Å². The summed E-state index contributed by atoms with van der Waals surface area (Å²) in [6.07, 6.45) is 5.80. The number of hydrogen-bond donors (Lipinski definition) is 0. The van der Waals surface area contributed by atoms with Crippen molar-refractivity contribution in [1.82, 2.24) is 0 Å². The van der Waals surface area contributed by atoms with Gasteiger partial charge >= 0.3 is 0 Å². The van der Waals surface area contributed by atoms with E-state index in [9.17, 15) is 9.59 Å². The molecule has 0 N–H and O–H groups in total. The summed E-state index contributed by atoms with van der Waals surface area (Å²) in [6.45, 7) is 3.96. The maximum Gasteiger partial charge on any atom is 0.241 e. The van der Waals surface area contributed by atoms with Crippen molar-refractivity contribution in [2.75, 3.05) is 11.4 Å². The number of terminal acetylenes is 1. The van der Waals surface area contributed by atoms with Crippen LogP contribution in [0.15, 0.2) is 23.1 Å². The van der Waals surface area contributed by atoms with E-state index in [0.29, 0.717) is 12.0 Å². The van der Waals surface area contributed by atoms with Crippen LogP contribution in [0, 0.1) is 12.3 Å². The van der Waals surface area contributed by atoms with Crippen molar-refractivity contribution in [2.45, 2.75) is 30.4 Å². The molecule has 0 saturated heterocycles. The molecular formula is C15H15NO2S. The maximum absolute atomic E-state index is 12.1. The summed E-state index contributed by atoms with van der Waals surface area (Å²) in [7, 11) is 0. The lowest BCUT2D eigenvalue weighted by atomic mass is 10.1. The summed E-state index contributed by atoms with van der Waals surface area (Å²) < 4.78 is 0. The van der Waals surface area contributed by atoms with Gasteiger partial charge in [0, 0.05) is 16.9 Å². The molecule has 1 aliphatic heterocycles. The van der Waals surface area contributed by atoms with Gasteiger partial charge in [-0.05, 0) is 25.1 Å². The summed E-state index contributed by atoms with van der Waals surface area (Å²) >= 11 is 1.48. The number of hydrogen-bond acceptors (Lipinski definition) is 3. The number of carbonyl (C=O) groups is 2. The Labute approximate surface area is 117 Å². The number of Topliss-reactive ketones (excluding diaryl/α,β-unsaturated/α-hetero) is 1. The van der Waals surface area contributed by atoms with E-state index in [2.05, 4.69) is 5.92 Å². The van der Waals surface area contributed by atoms with Crippen LogP contribution >= 0.6 is 11.8 Å². The fourth-order valence-electron chi connectivity index (χ4n) is 2.04. The number of rotatable bonds is 3. The number of fused-ring (bicyclic) bond motifs is 1. The van der Waals surface area contributed by atoms with Gasteiger partial charge in [-0.25, -0.2) is 0 Å². The van der Waals surface area contributed by atoms with Crippen LogP contribution in [0.3, 0.4) is 0 Å². The highest BCUT2D eigenvalue weighted by Gasteiger charge is 2.30. The first-order valence-corrected chi connectivity index (χ1v) is 7.05. The minimum absolute atomic E-state index is 0.0185. The van der Waals surface area contributed by atoms with E-state index in [1.54, 1.807) is 11.0 Å². The van der Waals surface area contributed by atoms with Crippen LogP contribution in [0.1, 0.15) is 30.6 Å². The summed E-state index contributed by atoms with van der Waals surface area (Å²) in [5.74, 6) is 2.63. The standard InChI is InChI=1S/C15H15NO2S/c1-4-8-16-12-7-6-11(13(17)5-2)9-14(12)19-10(3)15(16)18/h1,6-7,9-10H,5,8H2,2-3H3. The van der Waals surface area contributed by atoms with Crippen LogP contribution in [0.5, 0.6) is 0 Å². The Kier molecular flexibility index (Phi) is 3.96. The molecule has 1 aromatic carbocycles. The second-order valence-corrected chi connectivity index (χ2v) is 5.73. The van der Waals surface area contributed by atoms with Crippen LogP contribution in [0.4, 0.5) is 5.69 Å². The molecule has 1 aromatic rings. The largest absolute Gasteiger partial charge is 0.299 e. The molecule has 1 aliphatic rings. The van der Waals surface area contributed by atoms with E-state index in [1.807, 2.05) is 26.0 Å². The van der Waals surface area contributed by atoms with Crippen molar-refractivity contribution in [3.8, 4) is 12.3 Å². The number of anilines is 1. The van der Waals surface area contributed by atoms with E-state index in [0.717, 1.165) is 10.6 Å². The van der Waals surface area contributed by atoms with Gasteiger partial charge < -0.3 is 0 Å². The first-order valence-electron chi connectivity index (χ1n) is 6.17. The molecule has 3 nitrogen and oxygen atoms in total. The molecule has 1 amide bonds. The lowest BCUT2D eigenvalue weighted by molar-refractivity contribution is -0.117. The smallest absolute Gasteiger partial charge is 0.241 e. The number of thioether (sulfide) groups is 1. The molecular weight excluding hydrogens is 258 g/mol. The quantitative estimate of drug-likeness (QED) is 0.627. The summed E-state index contributed by atoms with van der Waals surface area (Å²) in [5.41, 5.74) is 1.50. The molecule has 0 fully saturated rings. The molecule has 0 bridgehead atoms. The first-order chi connectivity index (χ1) is 9.08. The molecule has 2 rings (SSSR count). The van der Waals surface area contributed by atoms with Crippen LogP contribution in [0.25, 0.3) is 0 Å². The molecule has 98 valence electrons. The van der Waals surface area contributed by atoms with E-state index in [-0.39, 0.29) is 23.5 Å². The number of benzene rings is 1. The molecule has 0 radical (unpaired) electrons. The molecule has 0 aliphatic carbocycles. The first kappa shape index (κ1) is 13.7. The monoisotopic (exact) mass is 273 g/mol. The molecule has 19 heavy (non-hydrogen) atoms. The predicted octanol–water partition coefficient (Wildman–Crippen LogP) is 2.74. The average Bonchev–Trinajstić information content (AvgIpc) is 2.42. The van der Waals surface area contributed by atoms with Crippen molar-refractivity contribution in [1.29, 1.82) is 0 Å². The molecule has 0 saturated carbocycles. The SMILES string of the molecule is C#CCN1C(=O)C(C)Sc2cc(C(=O)CC)ccc21. The third kappa shape index (κ3) is 2.52. The third-order valence-electron chi connectivity index (χ3n) is 3.06. The topological polar surface area (TPSA) is 37.4 Å². The Morgan fingerprint density at radius 3 is 2.89 bits per heavy atom. The van der Waals surface area contributed by atoms with Gasteiger partial charge in [-0.2, -0.15) is 0 Å². The number of amides is 1. The Balaban J connectivity index is 2.45. The second-order valence-electron chi connectivity index (χ2n) is 4.35. The summed E-state index contributed by atoms with van der Waals surface area (Å²) in [5, 5.41) is -0.173. The van der Waals surface area contributed by atoms with Crippen molar-refractivity contribution >= 4 is 29.1 Å². The zero-order valence-electron chi connectivity index (χ0n) is 11.0. The molecule has 1 unspecified atom stereocenters. The highest BCUT2D eigenvalue weighted by Crippen LogP contribution is 2.39. The number of carbonyl (C=O) groups excluding carboxylic acids is 2. The van der Waals surface area contributed by atoms with Crippen molar-refractivity contribution in [3.63, 3.8) is 0 Å². The van der Waals surface area contributed by atoms with Gasteiger partial charge in [-0.15, -0.1) is 18.2 Å². The van der Waals surface area contributed by atoms with Gasteiger partial charge in [0.1, 0.15) is 0 Å². The van der Waals surface area contributed by atoms with Gasteiger partial charge in [-0.3, -0.25) is 14.5 Å². The highest BCUT2D eigenvalue weighted by atomic mass is 32.2. The van der Waals surface area contributed by atoms with Crippen molar-refractivity contribution < 1.29 is 9.59 Å². The van der Waals surface area contributed by atoms with E-state index in [1.165, 1.54) is 11.8 Å². The highest BCUT2D eigenvalue weighted by molar-refractivity contribution is 8.01. The summed E-state index contributed by atoms with van der Waals surface area (Å²) in [4.78, 5) is 26.4. The van der Waals surface area contributed by atoms with Gasteiger partial charge in [0.25, 0.3) is 0 Å². The minimum Gasteiger partial charge on any atom is -0.299 e. The van der Waals surface area contributed by atoms with Crippen LogP contribution < -0.4 is 4.90 Å². The lowest BCUT2D eigenvalue weighted by Gasteiger charge is -2.31. The van der Waals surface area contributed by atoms with Crippen LogP contribution in [-0.2, 0) is 4.79 Å². The Bertz CT molecular complexity index is 574. The fourth-order valence-corrected chi connectivity index (χ4v) is 3.15. The van der Waals surface area contributed by atoms with E-state index < -0.39 is 0 Å². The van der Waals surface area contributed by atoms with Crippen molar-refractivity contribution in [3.05, 3.63) is 23.8 Å². The second kappa shape index (κ2) is 5.50. The average molecular weight is 273 g/mol. The molecule has 1 heterocycles. The Morgan fingerprint density at radius 2 is 2.26 bits per heavy atom. The van der Waals surface area contributed by atoms with Gasteiger partial charge in [0.2, 0.25) is 5.91 Å². The van der Waals surface area contributed by atoms with Gasteiger partial charge in [0.05, 0.1) is 17.5 Å².